The Hall–Kier alpha value is -1.20. The number of ether oxygens (including phenoxy) is 1. The van der Waals surface area contributed by atoms with Crippen LogP contribution in [0.1, 0.15) is 12.8 Å². The molecule has 0 saturated carbocycles. The Morgan fingerprint density at radius 3 is 2.88 bits per heavy atom. The van der Waals surface area contributed by atoms with Crippen LogP contribution in [0.3, 0.4) is 0 Å². The first-order valence-corrected chi connectivity index (χ1v) is 5.33. The van der Waals surface area contributed by atoms with Crippen LogP contribution in [0.4, 0.5) is 10.2 Å². The molecule has 0 radical (unpaired) electrons. The molecular weight excluding hydrogens is 211 g/mol. The summed E-state index contributed by atoms with van der Waals surface area (Å²) < 4.78 is 18.6. The lowest BCUT2D eigenvalue weighted by Crippen LogP contribution is -2.47. The van der Waals surface area contributed by atoms with Gasteiger partial charge in [0.15, 0.2) is 11.6 Å². The van der Waals surface area contributed by atoms with E-state index in [2.05, 4.69) is 10.3 Å². The third-order valence-electron chi connectivity index (χ3n) is 2.89. The quantitative estimate of drug-likeness (QED) is 0.812. The van der Waals surface area contributed by atoms with Crippen LogP contribution in [0.2, 0.25) is 0 Å². The van der Waals surface area contributed by atoms with Gasteiger partial charge in [0.05, 0.1) is 12.1 Å². The molecule has 1 aromatic rings. The van der Waals surface area contributed by atoms with Crippen molar-refractivity contribution < 1.29 is 14.2 Å². The van der Waals surface area contributed by atoms with E-state index in [0.29, 0.717) is 26.1 Å². The molecule has 0 bridgehead atoms. The van der Waals surface area contributed by atoms with Crippen molar-refractivity contribution in [2.75, 3.05) is 25.1 Å². The molecule has 2 rings (SSSR count). The van der Waals surface area contributed by atoms with Gasteiger partial charge in [0.1, 0.15) is 0 Å². The van der Waals surface area contributed by atoms with Gasteiger partial charge in [-0.1, -0.05) is 0 Å². The normalized spacial score (nSPS) is 19.4. The zero-order valence-electron chi connectivity index (χ0n) is 8.95. The monoisotopic (exact) mass is 226 g/mol. The smallest absolute Gasteiger partial charge is 0.165 e. The number of aliphatic hydroxyl groups is 1. The number of nitrogens with zero attached hydrogens (tertiary/aromatic N) is 1. The minimum Gasteiger partial charge on any atom is -0.394 e. The number of aliphatic hydroxyl groups excluding tert-OH is 1. The van der Waals surface area contributed by atoms with E-state index in [4.69, 9.17) is 4.74 Å². The fourth-order valence-electron chi connectivity index (χ4n) is 1.81. The summed E-state index contributed by atoms with van der Waals surface area (Å²) >= 11 is 0. The van der Waals surface area contributed by atoms with Crippen molar-refractivity contribution in [2.45, 2.75) is 18.4 Å². The first-order valence-electron chi connectivity index (χ1n) is 5.33. The number of rotatable bonds is 3. The van der Waals surface area contributed by atoms with Crippen LogP contribution in [0.25, 0.3) is 0 Å². The van der Waals surface area contributed by atoms with Crippen LogP contribution in [0.15, 0.2) is 18.3 Å². The second-order valence-electron chi connectivity index (χ2n) is 4.01. The molecule has 0 aliphatic carbocycles. The van der Waals surface area contributed by atoms with Gasteiger partial charge in [0.25, 0.3) is 0 Å². The van der Waals surface area contributed by atoms with Crippen LogP contribution in [0.5, 0.6) is 0 Å². The van der Waals surface area contributed by atoms with Crippen LogP contribution in [0, 0.1) is 5.82 Å². The predicted molar refractivity (Wildman–Crippen MR) is 57.7 cm³/mol. The predicted octanol–water partition coefficient (Wildman–Crippen LogP) is 1.17. The first kappa shape index (κ1) is 11.3. The zero-order chi connectivity index (χ0) is 11.4. The highest BCUT2D eigenvalue weighted by Gasteiger charge is 2.32. The molecule has 88 valence electrons. The van der Waals surface area contributed by atoms with Gasteiger partial charge < -0.3 is 15.2 Å². The second-order valence-corrected chi connectivity index (χ2v) is 4.01. The number of halogens is 1. The van der Waals surface area contributed by atoms with E-state index in [1.165, 1.54) is 18.3 Å². The van der Waals surface area contributed by atoms with Crippen molar-refractivity contribution in [1.82, 2.24) is 4.98 Å². The summed E-state index contributed by atoms with van der Waals surface area (Å²) in [6.07, 6.45) is 2.83. The molecule has 0 amide bonds. The van der Waals surface area contributed by atoms with E-state index in [9.17, 15) is 9.50 Å². The Bertz CT molecular complexity index is 354. The number of anilines is 1. The molecule has 0 aromatic carbocycles. The van der Waals surface area contributed by atoms with E-state index < -0.39 is 11.4 Å². The van der Waals surface area contributed by atoms with Gasteiger partial charge in [-0.3, -0.25) is 0 Å². The van der Waals surface area contributed by atoms with Crippen molar-refractivity contribution in [3.05, 3.63) is 24.1 Å². The summed E-state index contributed by atoms with van der Waals surface area (Å²) in [5, 5.41) is 12.4. The Balaban J connectivity index is 2.15. The van der Waals surface area contributed by atoms with Gasteiger partial charge in [-0.25, -0.2) is 9.37 Å². The maximum atomic E-state index is 13.4. The Kier molecular flexibility index (Phi) is 3.36. The third-order valence-corrected chi connectivity index (χ3v) is 2.89. The number of hydrogen-bond donors (Lipinski definition) is 2. The fraction of sp³-hybridized carbons (Fsp3) is 0.545. The number of nitrogens with one attached hydrogen (secondary N) is 1. The molecule has 2 heterocycles. The molecular formula is C11H15FN2O2. The second kappa shape index (κ2) is 4.76. The molecule has 0 atom stereocenters. The maximum absolute atomic E-state index is 13.4. The SMILES string of the molecule is OCC1(Nc2ncccc2F)CCOCC1. The van der Waals surface area contributed by atoms with Crippen molar-refractivity contribution >= 4 is 5.82 Å². The van der Waals surface area contributed by atoms with E-state index in [-0.39, 0.29) is 12.4 Å². The van der Waals surface area contributed by atoms with Crippen LogP contribution in [-0.2, 0) is 4.74 Å². The number of pyridine rings is 1. The summed E-state index contributed by atoms with van der Waals surface area (Å²) in [5.74, 6) is -0.208. The van der Waals surface area contributed by atoms with Gasteiger partial charge in [0.2, 0.25) is 0 Å². The topological polar surface area (TPSA) is 54.4 Å². The lowest BCUT2D eigenvalue weighted by Gasteiger charge is -2.36. The van der Waals surface area contributed by atoms with E-state index >= 15 is 0 Å². The molecule has 0 spiro atoms. The minimum atomic E-state index is -0.507. The van der Waals surface area contributed by atoms with E-state index in [1.807, 2.05) is 0 Å². The highest BCUT2D eigenvalue weighted by Crippen LogP contribution is 2.25. The van der Waals surface area contributed by atoms with Gasteiger partial charge in [-0.2, -0.15) is 0 Å². The Labute approximate surface area is 93.5 Å². The number of aromatic nitrogens is 1. The summed E-state index contributed by atoms with van der Waals surface area (Å²) in [5.41, 5.74) is -0.507. The van der Waals surface area contributed by atoms with Crippen molar-refractivity contribution in [3.63, 3.8) is 0 Å². The van der Waals surface area contributed by atoms with E-state index in [1.54, 1.807) is 0 Å². The van der Waals surface area contributed by atoms with Crippen molar-refractivity contribution in [3.8, 4) is 0 Å². The first-order chi connectivity index (χ1) is 7.76. The van der Waals surface area contributed by atoms with Gasteiger partial charge in [-0.15, -0.1) is 0 Å². The highest BCUT2D eigenvalue weighted by molar-refractivity contribution is 5.39. The Morgan fingerprint density at radius 1 is 1.50 bits per heavy atom. The molecule has 2 N–H and O–H groups in total. The average Bonchev–Trinajstić information content (AvgIpc) is 2.33. The van der Waals surface area contributed by atoms with Crippen molar-refractivity contribution in [2.24, 2.45) is 0 Å². The van der Waals surface area contributed by atoms with Crippen molar-refractivity contribution in [1.29, 1.82) is 0 Å². The fourth-order valence-corrected chi connectivity index (χ4v) is 1.81. The molecule has 1 fully saturated rings. The molecule has 1 aromatic heterocycles. The molecule has 16 heavy (non-hydrogen) atoms. The lowest BCUT2D eigenvalue weighted by molar-refractivity contribution is 0.0377. The average molecular weight is 226 g/mol. The minimum absolute atomic E-state index is 0.0492. The Morgan fingerprint density at radius 2 is 2.25 bits per heavy atom. The lowest BCUT2D eigenvalue weighted by atomic mass is 9.91. The summed E-state index contributed by atoms with van der Waals surface area (Å²) in [4.78, 5) is 3.93. The molecule has 1 aliphatic rings. The largest absolute Gasteiger partial charge is 0.394 e. The standard InChI is InChI=1S/C11H15FN2O2/c12-9-2-1-5-13-10(9)14-11(8-15)3-6-16-7-4-11/h1-2,5,15H,3-4,6-8H2,(H,13,14). The zero-order valence-corrected chi connectivity index (χ0v) is 8.95. The van der Waals surface area contributed by atoms with Crippen LogP contribution >= 0.6 is 0 Å². The maximum Gasteiger partial charge on any atom is 0.165 e. The molecule has 1 saturated heterocycles. The summed E-state index contributed by atoms with van der Waals surface area (Å²) in [6.45, 7) is 1.09. The molecule has 5 heteroatoms. The van der Waals surface area contributed by atoms with Gasteiger partial charge >= 0.3 is 0 Å². The van der Waals surface area contributed by atoms with Gasteiger partial charge in [-0.05, 0) is 25.0 Å². The highest BCUT2D eigenvalue weighted by atomic mass is 19.1. The summed E-state index contributed by atoms with van der Waals surface area (Å²) in [6, 6.07) is 2.88. The third kappa shape index (κ3) is 2.31. The van der Waals surface area contributed by atoms with Gasteiger partial charge in [0, 0.05) is 19.4 Å². The number of hydrogen-bond acceptors (Lipinski definition) is 4. The summed E-state index contributed by atoms with van der Waals surface area (Å²) in [7, 11) is 0. The van der Waals surface area contributed by atoms with E-state index in [0.717, 1.165) is 0 Å². The molecule has 0 unspecified atom stereocenters. The van der Waals surface area contributed by atoms with Crippen LogP contribution in [-0.4, -0.2) is 35.5 Å². The molecule has 4 nitrogen and oxygen atoms in total. The molecule has 1 aliphatic heterocycles. The van der Waals surface area contributed by atoms with Crippen LogP contribution < -0.4 is 5.32 Å².